The van der Waals surface area contributed by atoms with E-state index in [0.29, 0.717) is 30.8 Å². The van der Waals surface area contributed by atoms with Crippen LogP contribution in [-0.2, 0) is 4.79 Å². The van der Waals surface area contributed by atoms with E-state index < -0.39 is 17.5 Å². The van der Waals surface area contributed by atoms with Crippen molar-refractivity contribution in [2.24, 2.45) is 0 Å². The van der Waals surface area contributed by atoms with Crippen molar-refractivity contribution in [1.82, 2.24) is 10.6 Å². The number of carbonyl (C=O) groups is 2. The molecule has 0 aliphatic carbocycles. The first-order valence-corrected chi connectivity index (χ1v) is 8.86. The number of halogens is 2. The SMILES string of the molecule is CC(NC(=O)CCNC(=O)c1ccc(F)cc1F)c1ccc2c(c1)OCCO2. The van der Waals surface area contributed by atoms with Gasteiger partial charge in [0.25, 0.3) is 5.91 Å². The van der Waals surface area contributed by atoms with Gasteiger partial charge in [-0.15, -0.1) is 0 Å². The van der Waals surface area contributed by atoms with Gasteiger partial charge in [0.1, 0.15) is 24.8 Å². The number of hydrogen-bond donors (Lipinski definition) is 2. The number of ether oxygens (including phenoxy) is 2. The lowest BCUT2D eigenvalue weighted by Crippen LogP contribution is -2.32. The molecule has 1 aliphatic heterocycles. The minimum absolute atomic E-state index is 0.0173. The molecule has 0 saturated heterocycles. The average molecular weight is 390 g/mol. The molecule has 0 radical (unpaired) electrons. The standard InChI is InChI=1S/C20H20F2N2O4/c1-12(13-2-5-17-18(10-13)28-9-8-27-17)24-19(25)6-7-23-20(26)15-4-3-14(21)11-16(15)22/h2-5,10-12H,6-9H2,1H3,(H,23,26)(H,24,25). The van der Waals surface area contributed by atoms with E-state index in [1.807, 2.05) is 19.1 Å². The molecule has 2 N–H and O–H groups in total. The minimum Gasteiger partial charge on any atom is -0.486 e. The molecule has 1 aliphatic rings. The maximum absolute atomic E-state index is 13.6. The molecule has 0 spiro atoms. The summed E-state index contributed by atoms with van der Waals surface area (Å²) in [7, 11) is 0. The van der Waals surface area contributed by atoms with Crippen molar-refractivity contribution in [2.75, 3.05) is 19.8 Å². The molecule has 1 heterocycles. The monoisotopic (exact) mass is 390 g/mol. The number of hydrogen-bond acceptors (Lipinski definition) is 4. The lowest BCUT2D eigenvalue weighted by atomic mass is 10.1. The molecule has 2 aromatic rings. The summed E-state index contributed by atoms with van der Waals surface area (Å²) in [5, 5.41) is 5.27. The molecule has 0 saturated carbocycles. The van der Waals surface area contributed by atoms with Crippen LogP contribution < -0.4 is 20.1 Å². The zero-order valence-electron chi connectivity index (χ0n) is 15.3. The van der Waals surface area contributed by atoms with Crippen molar-refractivity contribution in [3.05, 3.63) is 59.2 Å². The van der Waals surface area contributed by atoms with Crippen molar-refractivity contribution in [3.63, 3.8) is 0 Å². The van der Waals surface area contributed by atoms with Crippen LogP contribution in [0.1, 0.15) is 35.3 Å². The second-order valence-corrected chi connectivity index (χ2v) is 6.32. The van der Waals surface area contributed by atoms with Crippen LogP contribution in [0, 0.1) is 11.6 Å². The summed E-state index contributed by atoms with van der Waals surface area (Å²) in [6.07, 6.45) is 0.0173. The quantitative estimate of drug-likeness (QED) is 0.795. The number of carbonyl (C=O) groups excluding carboxylic acids is 2. The molecule has 3 rings (SSSR count). The normalized spacial score (nSPS) is 13.5. The second kappa shape index (κ2) is 8.69. The van der Waals surface area contributed by atoms with E-state index in [9.17, 15) is 18.4 Å². The molecule has 1 unspecified atom stereocenters. The van der Waals surface area contributed by atoms with Gasteiger partial charge >= 0.3 is 0 Å². The topological polar surface area (TPSA) is 76.7 Å². The number of amides is 2. The molecular formula is C20H20F2N2O4. The molecule has 2 aromatic carbocycles. The zero-order chi connectivity index (χ0) is 20.1. The van der Waals surface area contributed by atoms with Gasteiger partial charge in [-0.25, -0.2) is 8.78 Å². The molecule has 0 fully saturated rings. The molecule has 6 nitrogen and oxygen atoms in total. The third kappa shape index (κ3) is 4.76. The van der Waals surface area contributed by atoms with E-state index in [2.05, 4.69) is 10.6 Å². The van der Waals surface area contributed by atoms with Crippen LogP contribution in [0.25, 0.3) is 0 Å². The van der Waals surface area contributed by atoms with Crippen LogP contribution in [0.15, 0.2) is 36.4 Å². The molecule has 8 heteroatoms. The van der Waals surface area contributed by atoms with Gasteiger partial charge in [0.05, 0.1) is 11.6 Å². The van der Waals surface area contributed by atoms with Crippen molar-refractivity contribution in [2.45, 2.75) is 19.4 Å². The highest BCUT2D eigenvalue weighted by atomic mass is 19.1. The molecule has 28 heavy (non-hydrogen) atoms. The van der Waals surface area contributed by atoms with Crippen LogP contribution in [0.4, 0.5) is 8.78 Å². The van der Waals surface area contributed by atoms with Crippen LogP contribution in [0.3, 0.4) is 0 Å². The van der Waals surface area contributed by atoms with Gasteiger partial charge in [0, 0.05) is 19.0 Å². The Balaban J connectivity index is 1.48. The maximum atomic E-state index is 13.6. The fourth-order valence-corrected chi connectivity index (χ4v) is 2.78. The van der Waals surface area contributed by atoms with Crippen molar-refractivity contribution >= 4 is 11.8 Å². The maximum Gasteiger partial charge on any atom is 0.254 e. The largest absolute Gasteiger partial charge is 0.486 e. The Kier molecular flexibility index (Phi) is 6.08. The summed E-state index contributed by atoms with van der Waals surface area (Å²) in [5.41, 5.74) is 0.585. The highest BCUT2D eigenvalue weighted by molar-refractivity contribution is 5.94. The second-order valence-electron chi connectivity index (χ2n) is 6.32. The van der Waals surface area contributed by atoms with Gasteiger partial charge in [-0.05, 0) is 36.8 Å². The number of rotatable bonds is 6. The third-order valence-electron chi connectivity index (χ3n) is 4.26. The van der Waals surface area contributed by atoms with E-state index in [4.69, 9.17) is 9.47 Å². The predicted molar refractivity (Wildman–Crippen MR) is 97.3 cm³/mol. The summed E-state index contributed by atoms with van der Waals surface area (Å²) in [4.78, 5) is 24.0. The van der Waals surface area contributed by atoms with Gasteiger partial charge in [-0.2, -0.15) is 0 Å². The molecule has 2 amide bonds. The summed E-state index contributed by atoms with van der Waals surface area (Å²) in [6.45, 7) is 2.84. The van der Waals surface area contributed by atoms with Crippen LogP contribution in [0.5, 0.6) is 11.5 Å². The van der Waals surface area contributed by atoms with E-state index in [1.54, 1.807) is 6.07 Å². The van der Waals surface area contributed by atoms with E-state index >= 15 is 0 Å². The highest BCUT2D eigenvalue weighted by Crippen LogP contribution is 2.32. The zero-order valence-corrected chi connectivity index (χ0v) is 15.3. The summed E-state index contributed by atoms with van der Waals surface area (Å²) in [5.74, 6) is -1.38. The van der Waals surface area contributed by atoms with Crippen molar-refractivity contribution < 1.29 is 27.8 Å². The fourth-order valence-electron chi connectivity index (χ4n) is 2.78. The van der Waals surface area contributed by atoms with E-state index in [-0.39, 0.29) is 30.5 Å². The van der Waals surface area contributed by atoms with E-state index in [1.165, 1.54) is 0 Å². The average Bonchev–Trinajstić information content (AvgIpc) is 2.67. The first-order valence-electron chi connectivity index (χ1n) is 8.86. The molecule has 0 bridgehead atoms. The fraction of sp³-hybridized carbons (Fsp3) is 0.300. The van der Waals surface area contributed by atoms with Crippen LogP contribution >= 0.6 is 0 Å². The predicted octanol–water partition coefficient (Wildman–Crippen LogP) is 2.73. The van der Waals surface area contributed by atoms with Gasteiger partial charge in [-0.3, -0.25) is 9.59 Å². The number of nitrogens with one attached hydrogen (secondary N) is 2. The highest BCUT2D eigenvalue weighted by Gasteiger charge is 2.16. The Labute approximate surface area is 160 Å². The Morgan fingerprint density at radius 1 is 1.07 bits per heavy atom. The third-order valence-corrected chi connectivity index (χ3v) is 4.26. The van der Waals surface area contributed by atoms with Crippen molar-refractivity contribution in [1.29, 1.82) is 0 Å². The lowest BCUT2D eigenvalue weighted by molar-refractivity contribution is -0.121. The minimum atomic E-state index is -0.950. The van der Waals surface area contributed by atoms with E-state index in [0.717, 1.165) is 17.7 Å². The Bertz CT molecular complexity index is 889. The Hall–Kier alpha value is -3.16. The van der Waals surface area contributed by atoms with Crippen LogP contribution in [0.2, 0.25) is 0 Å². The first-order chi connectivity index (χ1) is 13.4. The molecular weight excluding hydrogens is 370 g/mol. The first kappa shape index (κ1) is 19.6. The lowest BCUT2D eigenvalue weighted by Gasteiger charge is -2.21. The van der Waals surface area contributed by atoms with Crippen LogP contribution in [-0.4, -0.2) is 31.6 Å². The number of fused-ring (bicyclic) bond motifs is 1. The molecule has 148 valence electrons. The summed E-state index contributed by atoms with van der Waals surface area (Å²) < 4.78 is 37.4. The van der Waals surface area contributed by atoms with Gasteiger partial charge in [-0.1, -0.05) is 6.07 Å². The Morgan fingerprint density at radius 3 is 2.57 bits per heavy atom. The van der Waals surface area contributed by atoms with Gasteiger partial charge < -0.3 is 20.1 Å². The molecule has 0 aromatic heterocycles. The summed E-state index contributed by atoms with van der Waals surface area (Å²) in [6, 6.07) is 7.88. The van der Waals surface area contributed by atoms with Gasteiger partial charge in [0.2, 0.25) is 5.91 Å². The molecule has 1 atom stereocenters. The van der Waals surface area contributed by atoms with Gasteiger partial charge in [0.15, 0.2) is 11.5 Å². The Morgan fingerprint density at radius 2 is 1.82 bits per heavy atom. The van der Waals surface area contributed by atoms with Crippen molar-refractivity contribution in [3.8, 4) is 11.5 Å². The smallest absolute Gasteiger partial charge is 0.254 e. The summed E-state index contributed by atoms with van der Waals surface area (Å²) >= 11 is 0. The number of benzene rings is 2.